The predicted molar refractivity (Wildman–Crippen MR) is 114 cm³/mol. The molecule has 0 atom stereocenters. The number of fused-ring (bicyclic) bond motifs is 3. The van der Waals surface area contributed by atoms with E-state index in [4.69, 9.17) is 4.98 Å². The Hall–Kier alpha value is -1.89. The molecule has 0 amide bonds. The van der Waals surface area contributed by atoms with Gasteiger partial charge in [-0.05, 0) is 0 Å². The fourth-order valence-corrected chi connectivity index (χ4v) is 6.57. The molecule has 26 heavy (non-hydrogen) atoms. The van der Waals surface area contributed by atoms with Gasteiger partial charge in [0.25, 0.3) is 0 Å². The van der Waals surface area contributed by atoms with Crippen LogP contribution in [-0.2, 0) is 6.42 Å². The molecule has 0 aliphatic heterocycles. The third-order valence-corrected chi connectivity index (χ3v) is 6.98. The number of rotatable bonds is 2. The third kappa shape index (κ3) is 3.49. The van der Waals surface area contributed by atoms with Crippen molar-refractivity contribution < 1.29 is 0 Å². The number of aromatic nitrogens is 1. The van der Waals surface area contributed by atoms with Crippen LogP contribution in [0.25, 0.3) is 31.7 Å². The van der Waals surface area contributed by atoms with Crippen LogP contribution in [0, 0.1) is 19.3 Å². The van der Waals surface area contributed by atoms with Gasteiger partial charge in [0.15, 0.2) is 0 Å². The minimum absolute atomic E-state index is 0.344. The van der Waals surface area contributed by atoms with Gasteiger partial charge in [0.05, 0.1) is 0 Å². The molecular weight excluding hydrogens is 381 g/mol. The molecule has 0 unspecified atom stereocenters. The van der Waals surface area contributed by atoms with Crippen LogP contribution >= 0.6 is 0 Å². The summed E-state index contributed by atoms with van der Waals surface area (Å²) in [4.78, 5) is 4.75. The monoisotopic (exact) mass is 407 g/mol. The van der Waals surface area contributed by atoms with E-state index in [-0.39, 0.29) is 0 Å². The zero-order chi connectivity index (χ0) is 18.5. The molecular formula is C24H25NSe. The van der Waals surface area contributed by atoms with Crippen LogP contribution in [0.1, 0.15) is 36.3 Å². The van der Waals surface area contributed by atoms with Crippen molar-refractivity contribution in [2.75, 3.05) is 0 Å². The Morgan fingerprint density at radius 3 is 2.31 bits per heavy atom. The zero-order valence-corrected chi connectivity index (χ0v) is 17.9. The molecule has 0 aliphatic carbocycles. The molecule has 0 saturated heterocycles. The molecule has 2 heteroatoms. The van der Waals surface area contributed by atoms with Crippen molar-refractivity contribution in [3.63, 3.8) is 0 Å². The van der Waals surface area contributed by atoms with Crippen molar-refractivity contribution in [3.8, 4) is 11.3 Å². The summed E-state index contributed by atoms with van der Waals surface area (Å²) in [6.45, 7) is 11.3. The van der Waals surface area contributed by atoms with E-state index in [1.165, 1.54) is 43.5 Å². The van der Waals surface area contributed by atoms with Gasteiger partial charge >= 0.3 is 162 Å². The number of hydrogen-bond acceptors (Lipinski definition) is 1. The maximum absolute atomic E-state index is 4.75. The summed E-state index contributed by atoms with van der Waals surface area (Å²) in [6.07, 6.45) is 3.21. The van der Waals surface area contributed by atoms with Gasteiger partial charge in [0.2, 0.25) is 0 Å². The molecule has 2 aromatic carbocycles. The molecule has 0 bridgehead atoms. The number of pyridine rings is 1. The first-order valence-electron chi connectivity index (χ1n) is 9.18. The molecule has 0 radical (unpaired) electrons. The van der Waals surface area contributed by atoms with E-state index in [1.807, 2.05) is 6.20 Å². The van der Waals surface area contributed by atoms with Crippen LogP contribution < -0.4 is 0 Å². The number of aryl methyl sites for hydroxylation is 2. The zero-order valence-electron chi connectivity index (χ0n) is 16.2. The van der Waals surface area contributed by atoms with E-state index >= 15 is 0 Å². The van der Waals surface area contributed by atoms with E-state index in [2.05, 4.69) is 77.1 Å². The topological polar surface area (TPSA) is 12.9 Å². The molecule has 0 saturated carbocycles. The Kier molecular flexibility index (Phi) is 4.29. The summed E-state index contributed by atoms with van der Waals surface area (Å²) in [5.74, 6) is 0. The maximum atomic E-state index is 4.75. The van der Waals surface area contributed by atoms with Gasteiger partial charge in [-0.15, -0.1) is 0 Å². The molecule has 2 heterocycles. The van der Waals surface area contributed by atoms with Crippen molar-refractivity contribution >= 4 is 34.9 Å². The first kappa shape index (κ1) is 17.5. The van der Waals surface area contributed by atoms with Gasteiger partial charge in [-0.3, -0.25) is 0 Å². The van der Waals surface area contributed by atoms with Crippen molar-refractivity contribution in [1.29, 1.82) is 0 Å². The molecule has 0 fully saturated rings. The number of benzene rings is 2. The fraction of sp³-hybridized carbons (Fsp3) is 0.292. The van der Waals surface area contributed by atoms with Crippen molar-refractivity contribution in [2.45, 2.75) is 41.0 Å². The van der Waals surface area contributed by atoms with E-state index in [9.17, 15) is 0 Å². The minimum atomic E-state index is 0.344. The van der Waals surface area contributed by atoms with E-state index < -0.39 is 0 Å². The van der Waals surface area contributed by atoms with Crippen LogP contribution in [0.3, 0.4) is 0 Å². The Labute approximate surface area is 161 Å². The van der Waals surface area contributed by atoms with Gasteiger partial charge < -0.3 is 0 Å². The molecule has 4 rings (SSSR count). The molecule has 132 valence electrons. The third-order valence-electron chi connectivity index (χ3n) is 4.67. The van der Waals surface area contributed by atoms with E-state index in [1.54, 1.807) is 4.44 Å². The number of hydrogen-bond donors (Lipinski definition) is 0. The van der Waals surface area contributed by atoms with Crippen molar-refractivity contribution in [2.24, 2.45) is 5.41 Å². The first-order chi connectivity index (χ1) is 12.3. The van der Waals surface area contributed by atoms with Gasteiger partial charge in [-0.2, -0.15) is 0 Å². The normalized spacial score (nSPS) is 12.2. The second kappa shape index (κ2) is 6.37. The Bertz CT molecular complexity index is 1090. The van der Waals surface area contributed by atoms with Crippen LogP contribution in [0.15, 0.2) is 48.7 Å². The summed E-state index contributed by atoms with van der Waals surface area (Å²) < 4.78 is 3.12. The second-order valence-electron chi connectivity index (χ2n) is 8.59. The van der Waals surface area contributed by atoms with Gasteiger partial charge in [-0.1, -0.05) is 0 Å². The van der Waals surface area contributed by atoms with Crippen LogP contribution in [-0.4, -0.2) is 19.5 Å². The van der Waals surface area contributed by atoms with Crippen molar-refractivity contribution in [3.05, 3.63) is 64.2 Å². The molecule has 0 spiro atoms. The Morgan fingerprint density at radius 2 is 1.62 bits per heavy atom. The van der Waals surface area contributed by atoms with Crippen LogP contribution in [0.2, 0.25) is 0 Å². The molecule has 0 N–H and O–H groups in total. The van der Waals surface area contributed by atoms with E-state index in [0.29, 0.717) is 19.9 Å². The predicted octanol–water partition coefficient (Wildman–Crippen LogP) is 6.32. The Balaban J connectivity index is 1.89. The van der Waals surface area contributed by atoms with Gasteiger partial charge in [-0.25, -0.2) is 0 Å². The molecule has 2 aromatic heterocycles. The summed E-state index contributed by atoms with van der Waals surface area (Å²) in [5, 5.41) is 4.01. The Morgan fingerprint density at radius 1 is 0.885 bits per heavy atom. The molecule has 0 aliphatic rings. The molecule has 1 nitrogen and oxygen atoms in total. The fourth-order valence-electron chi connectivity index (χ4n) is 3.68. The standard InChI is InChI=1S/C24H25NSe/c1-15-8-16(2)10-18(9-15)22-12-20-17(14-25-22)6-7-23-21(20)11-19(26-23)13-24(3,4)5/h6-12,14H,13H2,1-5H3. The summed E-state index contributed by atoms with van der Waals surface area (Å²) >= 11 is 0.458. The van der Waals surface area contributed by atoms with Gasteiger partial charge in [0.1, 0.15) is 0 Å². The summed E-state index contributed by atoms with van der Waals surface area (Å²) in [7, 11) is 0. The first-order valence-corrected chi connectivity index (χ1v) is 10.9. The average molecular weight is 406 g/mol. The quantitative estimate of drug-likeness (QED) is 0.355. The average Bonchev–Trinajstić information content (AvgIpc) is 2.94. The summed E-state index contributed by atoms with van der Waals surface area (Å²) in [5.41, 5.74) is 5.20. The van der Waals surface area contributed by atoms with E-state index in [0.717, 1.165) is 5.69 Å². The van der Waals surface area contributed by atoms with Crippen LogP contribution in [0.5, 0.6) is 0 Å². The van der Waals surface area contributed by atoms with Gasteiger partial charge in [0, 0.05) is 0 Å². The second-order valence-corrected chi connectivity index (χ2v) is 11.0. The molecule has 4 aromatic rings. The summed E-state index contributed by atoms with van der Waals surface area (Å²) in [6, 6.07) is 16.0. The van der Waals surface area contributed by atoms with Crippen molar-refractivity contribution in [1.82, 2.24) is 4.98 Å². The SMILES string of the molecule is Cc1cc(C)cc(-c2cc3c(ccc4[se]c(CC(C)(C)C)cc43)cn2)c1. The number of nitrogens with zero attached hydrogens (tertiary/aromatic N) is 1. The van der Waals surface area contributed by atoms with Crippen LogP contribution in [0.4, 0.5) is 0 Å².